The number of methoxy groups -OCH3 is 1. The highest BCUT2D eigenvalue weighted by molar-refractivity contribution is 5.72. The number of piperazine rings is 1. The van der Waals surface area contributed by atoms with Crippen molar-refractivity contribution in [3.05, 3.63) is 25.3 Å². The van der Waals surface area contributed by atoms with E-state index in [-0.39, 0.29) is 17.2 Å². The van der Waals surface area contributed by atoms with Crippen LogP contribution in [0.25, 0.3) is 0 Å². The number of hydrogen-bond acceptors (Lipinski definition) is 3. The topological polar surface area (TPSA) is 41.6 Å². The van der Waals surface area contributed by atoms with Crippen molar-refractivity contribution < 1.29 is 9.53 Å². The summed E-state index contributed by atoms with van der Waals surface area (Å²) in [6.45, 7) is 9.20. The summed E-state index contributed by atoms with van der Waals surface area (Å²) in [5.41, 5.74) is -0.640. The van der Waals surface area contributed by atoms with Crippen molar-refractivity contribution in [2.45, 2.75) is 23.9 Å². The van der Waals surface area contributed by atoms with Crippen molar-refractivity contribution in [3.63, 3.8) is 0 Å². The predicted molar refractivity (Wildman–Crippen MR) is 62.2 cm³/mol. The van der Waals surface area contributed by atoms with Crippen LogP contribution in [0, 0.1) is 0 Å². The summed E-state index contributed by atoms with van der Waals surface area (Å²) in [6.07, 6.45) is 5.22. The Morgan fingerprint density at radius 2 is 1.81 bits per heavy atom. The summed E-state index contributed by atoms with van der Waals surface area (Å²) in [4.78, 5) is 13.7. The fraction of sp³-hybridized carbons (Fsp3) is 0.583. The number of carbonyl (C=O) groups excluding carboxylic acids is 1. The third kappa shape index (κ3) is 1.23. The van der Waals surface area contributed by atoms with Gasteiger partial charge in [-0.15, -0.1) is 13.2 Å². The molecule has 2 aliphatic rings. The maximum absolute atomic E-state index is 11.9. The zero-order chi connectivity index (χ0) is 11.8. The first kappa shape index (κ1) is 11.2. The molecule has 2 bridgehead atoms. The lowest BCUT2D eigenvalue weighted by Crippen LogP contribution is -2.66. The zero-order valence-electron chi connectivity index (χ0n) is 9.66. The van der Waals surface area contributed by atoms with E-state index in [0.717, 1.165) is 25.9 Å². The van der Waals surface area contributed by atoms with Crippen LogP contribution in [0.15, 0.2) is 25.3 Å². The number of rotatable bonds is 2. The van der Waals surface area contributed by atoms with Crippen LogP contribution >= 0.6 is 0 Å². The van der Waals surface area contributed by atoms with Gasteiger partial charge in [0, 0.05) is 13.1 Å². The molecule has 0 saturated carbocycles. The molecule has 2 heterocycles. The van der Waals surface area contributed by atoms with Gasteiger partial charge in [-0.2, -0.15) is 0 Å². The second-order valence-corrected chi connectivity index (χ2v) is 4.52. The molecule has 2 aliphatic heterocycles. The van der Waals surface area contributed by atoms with Crippen LogP contribution in [0.4, 0.5) is 4.79 Å². The summed E-state index contributed by atoms with van der Waals surface area (Å²) in [5.74, 6) is 0. The SMILES string of the molecule is C=CC12CCC(C=C)(CNC1)N2C(=O)OC. The molecule has 0 aromatic carbocycles. The van der Waals surface area contributed by atoms with E-state index >= 15 is 0 Å². The Hall–Kier alpha value is -1.29. The maximum Gasteiger partial charge on any atom is 0.411 e. The summed E-state index contributed by atoms with van der Waals surface area (Å²) in [6, 6.07) is 0. The normalized spacial score (nSPS) is 36.9. The highest BCUT2D eigenvalue weighted by atomic mass is 16.5. The first-order chi connectivity index (χ1) is 7.64. The first-order valence-corrected chi connectivity index (χ1v) is 5.50. The van der Waals surface area contributed by atoms with Crippen molar-refractivity contribution in [1.29, 1.82) is 0 Å². The van der Waals surface area contributed by atoms with E-state index < -0.39 is 0 Å². The highest BCUT2D eigenvalue weighted by Crippen LogP contribution is 2.45. The number of amides is 1. The molecule has 0 aromatic heterocycles. The monoisotopic (exact) mass is 222 g/mol. The van der Waals surface area contributed by atoms with Crippen LogP contribution in [-0.2, 0) is 4.74 Å². The molecule has 4 heteroatoms. The van der Waals surface area contributed by atoms with Crippen LogP contribution < -0.4 is 5.32 Å². The number of carbonyl (C=O) groups is 1. The number of hydrogen-bond donors (Lipinski definition) is 1. The van der Waals surface area contributed by atoms with Gasteiger partial charge in [0.25, 0.3) is 0 Å². The Bertz CT molecular complexity index is 318. The fourth-order valence-corrected chi connectivity index (χ4v) is 2.92. The lowest BCUT2D eigenvalue weighted by Gasteiger charge is -2.47. The number of fused-ring (bicyclic) bond motifs is 2. The van der Waals surface area contributed by atoms with Gasteiger partial charge < -0.3 is 10.1 Å². The van der Waals surface area contributed by atoms with Gasteiger partial charge >= 0.3 is 6.09 Å². The van der Waals surface area contributed by atoms with E-state index in [1.165, 1.54) is 7.11 Å². The van der Waals surface area contributed by atoms with Gasteiger partial charge in [0.05, 0.1) is 18.2 Å². The van der Waals surface area contributed by atoms with Gasteiger partial charge in [-0.05, 0) is 12.8 Å². The third-order valence-electron chi connectivity index (χ3n) is 3.86. The molecule has 0 aliphatic carbocycles. The lowest BCUT2D eigenvalue weighted by molar-refractivity contribution is 0.0446. The quantitative estimate of drug-likeness (QED) is 0.716. The number of ether oxygens (including phenoxy) is 1. The Morgan fingerprint density at radius 3 is 2.19 bits per heavy atom. The van der Waals surface area contributed by atoms with Gasteiger partial charge in [-0.3, -0.25) is 4.90 Å². The Morgan fingerprint density at radius 1 is 1.31 bits per heavy atom. The van der Waals surface area contributed by atoms with E-state index in [9.17, 15) is 4.79 Å². The molecular weight excluding hydrogens is 204 g/mol. The van der Waals surface area contributed by atoms with Crippen LogP contribution in [0.5, 0.6) is 0 Å². The summed E-state index contributed by atoms with van der Waals surface area (Å²) >= 11 is 0. The van der Waals surface area contributed by atoms with Gasteiger partial charge in [0.15, 0.2) is 0 Å². The van der Waals surface area contributed by atoms with E-state index in [1.54, 1.807) is 4.90 Å². The van der Waals surface area contributed by atoms with Gasteiger partial charge in [0.2, 0.25) is 0 Å². The molecule has 2 rings (SSSR count). The van der Waals surface area contributed by atoms with Crippen molar-refractivity contribution in [2.24, 2.45) is 0 Å². The van der Waals surface area contributed by atoms with Crippen molar-refractivity contribution in [1.82, 2.24) is 10.2 Å². The largest absolute Gasteiger partial charge is 0.453 e. The molecule has 0 spiro atoms. The molecule has 4 nitrogen and oxygen atoms in total. The maximum atomic E-state index is 11.9. The summed E-state index contributed by atoms with van der Waals surface area (Å²) < 4.78 is 4.89. The van der Waals surface area contributed by atoms with Crippen molar-refractivity contribution >= 4 is 6.09 Å². The molecule has 2 fully saturated rings. The fourth-order valence-electron chi connectivity index (χ4n) is 2.92. The molecule has 16 heavy (non-hydrogen) atoms. The van der Waals surface area contributed by atoms with Gasteiger partial charge in [-0.1, -0.05) is 12.2 Å². The minimum Gasteiger partial charge on any atom is -0.453 e. The minimum absolute atomic E-state index is 0.293. The van der Waals surface area contributed by atoms with Crippen LogP contribution in [0.3, 0.4) is 0 Å². The second kappa shape index (κ2) is 3.63. The second-order valence-electron chi connectivity index (χ2n) is 4.52. The zero-order valence-corrected chi connectivity index (χ0v) is 9.66. The standard InChI is InChI=1S/C12H18N2O2/c1-4-11-6-7-12(5-2,9-13-8-11)14(11)10(15)16-3/h4-5,13H,1-2,6-9H2,3H3. The Kier molecular flexibility index (Phi) is 2.54. The molecule has 1 amide bonds. The van der Waals surface area contributed by atoms with Gasteiger partial charge in [-0.25, -0.2) is 4.79 Å². The molecule has 2 unspecified atom stereocenters. The summed E-state index contributed by atoms with van der Waals surface area (Å²) in [7, 11) is 1.41. The molecular formula is C12H18N2O2. The Labute approximate surface area is 95.9 Å². The molecule has 0 aromatic rings. The molecule has 1 N–H and O–H groups in total. The average Bonchev–Trinajstić information content (AvgIpc) is 2.53. The Balaban J connectivity index is 2.45. The highest BCUT2D eigenvalue weighted by Gasteiger charge is 2.57. The molecule has 2 saturated heterocycles. The first-order valence-electron chi connectivity index (χ1n) is 5.50. The lowest BCUT2D eigenvalue weighted by atomic mass is 9.94. The van der Waals surface area contributed by atoms with E-state index in [0.29, 0.717) is 0 Å². The van der Waals surface area contributed by atoms with Gasteiger partial charge in [0.1, 0.15) is 0 Å². The molecule has 88 valence electrons. The number of nitrogens with one attached hydrogen (secondary N) is 1. The van der Waals surface area contributed by atoms with Crippen molar-refractivity contribution in [3.8, 4) is 0 Å². The molecule has 2 atom stereocenters. The number of nitrogens with zero attached hydrogens (tertiary/aromatic N) is 1. The third-order valence-corrected chi connectivity index (χ3v) is 3.86. The molecule has 0 radical (unpaired) electrons. The predicted octanol–water partition coefficient (Wildman–Crippen LogP) is 1.30. The van der Waals surface area contributed by atoms with Crippen LogP contribution in [-0.4, -0.2) is 42.3 Å². The van der Waals surface area contributed by atoms with Crippen molar-refractivity contribution in [2.75, 3.05) is 20.2 Å². The summed E-state index contributed by atoms with van der Waals surface area (Å²) in [5, 5.41) is 3.35. The van der Waals surface area contributed by atoms with E-state index in [2.05, 4.69) is 18.5 Å². The van der Waals surface area contributed by atoms with Crippen LogP contribution in [0.2, 0.25) is 0 Å². The van der Waals surface area contributed by atoms with E-state index in [4.69, 9.17) is 4.74 Å². The van der Waals surface area contributed by atoms with Crippen LogP contribution in [0.1, 0.15) is 12.8 Å². The minimum atomic E-state index is -0.320. The van der Waals surface area contributed by atoms with E-state index in [1.807, 2.05) is 12.2 Å². The average molecular weight is 222 g/mol. The smallest absolute Gasteiger partial charge is 0.411 e.